The van der Waals surface area contributed by atoms with Crippen LogP contribution >= 0.6 is 22.6 Å². The third-order valence-electron chi connectivity index (χ3n) is 2.86. The average Bonchev–Trinajstić information content (AvgIpc) is 2.77. The molecule has 0 saturated carbocycles. The van der Waals surface area contributed by atoms with Gasteiger partial charge in [-0.15, -0.1) is 0 Å². The van der Waals surface area contributed by atoms with Crippen molar-refractivity contribution < 1.29 is 20.1 Å². The van der Waals surface area contributed by atoms with E-state index in [9.17, 15) is 5.11 Å². The van der Waals surface area contributed by atoms with E-state index in [4.69, 9.17) is 20.7 Å². The molecule has 0 saturated heterocycles. The number of rotatable bonds is 6. The standard InChI is InChI=1S/C11H15IN4O4/c12-6-1-16(5-20-8(3-18)7(19)2-17)11-9(6)10(13)14-4-15-11/h1,4,7-8,17-19H,2-3,5H2,(H2,13,14,15)/t7-,8?/m1/s1. The van der Waals surface area contributed by atoms with Gasteiger partial charge in [-0.25, -0.2) is 9.97 Å². The molecule has 110 valence electrons. The van der Waals surface area contributed by atoms with E-state index in [0.717, 1.165) is 8.96 Å². The molecule has 8 nitrogen and oxygen atoms in total. The van der Waals surface area contributed by atoms with Crippen molar-refractivity contribution in [1.29, 1.82) is 0 Å². The van der Waals surface area contributed by atoms with Crippen molar-refractivity contribution in [2.24, 2.45) is 0 Å². The second kappa shape index (κ2) is 6.63. The number of halogens is 1. The monoisotopic (exact) mass is 394 g/mol. The molecule has 0 aliphatic heterocycles. The second-order valence-corrected chi connectivity index (χ2v) is 5.33. The van der Waals surface area contributed by atoms with Gasteiger partial charge in [0.25, 0.3) is 0 Å². The van der Waals surface area contributed by atoms with Gasteiger partial charge in [-0.1, -0.05) is 0 Å². The summed E-state index contributed by atoms with van der Waals surface area (Å²) in [6.45, 7) is -0.808. The van der Waals surface area contributed by atoms with E-state index >= 15 is 0 Å². The highest BCUT2D eigenvalue weighted by atomic mass is 127. The molecule has 0 fully saturated rings. The molecule has 0 radical (unpaired) electrons. The molecule has 0 amide bonds. The fourth-order valence-corrected chi connectivity index (χ4v) is 2.63. The van der Waals surface area contributed by atoms with Gasteiger partial charge < -0.3 is 30.4 Å². The van der Waals surface area contributed by atoms with Crippen LogP contribution in [0.4, 0.5) is 5.82 Å². The van der Waals surface area contributed by atoms with Gasteiger partial charge in [0, 0.05) is 9.77 Å². The van der Waals surface area contributed by atoms with Crippen LogP contribution in [0.5, 0.6) is 0 Å². The summed E-state index contributed by atoms with van der Waals surface area (Å²) >= 11 is 2.12. The number of nitrogens with zero attached hydrogens (tertiary/aromatic N) is 3. The maximum absolute atomic E-state index is 9.47. The quantitative estimate of drug-likeness (QED) is 0.478. The van der Waals surface area contributed by atoms with Gasteiger partial charge in [0.05, 0.1) is 18.6 Å². The fourth-order valence-electron chi connectivity index (χ4n) is 1.78. The molecule has 0 spiro atoms. The Bertz CT molecular complexity index is 591. The predicted molar refractivity (Wildman–Crippen MR) is 79.7 cm³/mol. The molecule has 2 aromatic rings. The van der Waals surface area contributed by atoms with Gasteiger partial charge >= 0.3 is 0 Å². The molecule has 0 aromatic carbocycles. The van der Waals surface area contributed by atoms with Crippen molar-refractivity contribution in [2.45, 2.75) is 18.9 Å². The Morgan fingerprint density at radius 2 is 2.10 bits per heavy atom. The first-order valence-electron chi connectivity index (χ1n) is 5.84. The lowest BCUT2D eigenvalue weighted by Gasteiger charge is -2.20. The van der Waals surface area contributed by atoms with E-state index in [2.05, 4.69) is 32.6 Å². The molecule has 0 aliphatic carbocycles. The van der Waals surface area contributed by atoms with Crippen molar-refractivity contribution >= 4 is 39.4 Å². The summed E-state index contributed by atoms with van der Waals surface area (Å²) < 4.78 is 7.96. The molecule has 5 N–H and O–H groups in total. The highest BCUT2D eigenvalue weighted by Gasteiger charge is 2.19. The third-order valence-corrected chi connectivity index (χ3v) is 3.68. The zero-order valence-electron chi connectivity index (χ0n) is 10.5. The lowest BCUT2D eigenvalue weighted by Crippen LogP contribution is -2.35. The van der Waals surface area contributed by atoms with Crippen LogP contribution in [0.1, 0.15) is 0 Å². The van der Waals surface area contributed by atoms with Crippen LogP contribution in [-0.4, -0.2) is 55.3 Å². The first-order chi connectivity index (χ1) is 9.58. The topological polar surface area (TPSA) is 127 Å². The zero-order chi connectivity index (χ0) is 14.7. The van der Waals surface area contributed by atoms with Gasteiger partial charge in [0.15, 0.2) is 0 Å². The smallest absolute Gasteiger partial charge is 0.148 e. The number of aliphatic hydroxyl groups excluding tert-OH is 3. The lowest BCUT2D eigenvalue weighted by molar-refractivity contribution is -0.0997. The molecule has 1 unspecified atom stereocenters. The molecule has 9 heteroatoms. The molecule has 2 atom stereocenters. The Morgan fingerprint density at radius 1 is 1.35 bits per heavy atom. The molecule has 20 heavy (non-hydrogen) atoms. The maximum atomic E-state index is 9.47. The Kier molecular flexibility index (Phi) is 5.10. The molecule has 2 aromatic heterocycles. The number of hydrogen-bond acceptors (Lipinski definition) is 7. The van der Waals surface area contributed by atoms with Gasteiger partial charge in [0.2, 0.25) is 0 Å². The minimum Gasteiger partial charge on any atom is -0.394 e. The van der Waals surface area contributed by atoms with Crippen molar-refractivity contribution in [3.05, 3.63) is 16.1 Å². The summed E-state index contributed by atoms with van der Waals surface area (Å²) in [5.74, 6) is 0.382. The SMILES string of the molecule is Nc1ncnc2c1c(I)cn2COC(CO)[C@H](O)CO. The summed E-state index contributed by atoms with van der Waals surface area (Å²) in [6, 6.07) is 0. The fraction of sp³-hybridized carbons (Fsp3) is 0.455. The number of aliphatic hydroxyl groups is 3. The Morgan fingerprint density at radius 3 is 2.75 bits per heavy atom. The normalized spacial score (nSPS) is 14.6. The first kappa shape index (κ1) is 15.4. The minimum absolute atomic E-state index is 0.0677. The minimum atomic E-state index is -1.14. The van der Waals surface area contributed by atoms with E-state index in [0.29, 0.717) is 11.5 Å². The van der Waals surface area contributed by atoms with Crippen LogP contribution in [0.3, 0.4) is 0 Å². The van der Waals surface area contributed by atoms with E-state index in [-0.39, 0.29) is 6.73 Å². The summed E-state index contributed by atoms with van der Waals surface area (Å²) in [5.41, 5.74) is 6.41. The summed E-state index contributed by atoms with van der Waals surface area (Å²) in [6.07, 6.45) is 1.14. The van der Waals surface area contributed by atoms with Crippen LogP contribution in [0, 0.1) is 3.57 Å². The van der Waals surface area contributed by atoms with Gasteiger partial charge in [-0.05, 0) is 22.6 Å². The summed E-state index contributed by atoms with van der Waals surface area (Å²) in [7, 11) is 0. The number of ether oxygens (including phenoxy) is 1. The largest absolute Gasteiger partial charge is 0.394 e. The lowest BCUT2D eigenvalue weighted by atomic mass is 10.2. The van der Waals surface area contributed by atoms with Crippen molar-refractivity contribution in [3.8, 4) is 0 Å². The molecular formula is C11H15IN4O4. The zero-order valence-corrected chi connectivity index (χ0v) is 12.6. The number of nitrogen functional groups attached to an aromatic ring is 1. The Labute approximate surface area is 128 Å². The van der Waals surface area contributed by atoms with Gasteiger partial charge in [0.1, 0.15) is 36.7 Å². The highest BCUT2D eigenvalue weighted by molar-refractivity contribution is 14.1. The maximum Gasteiger partial charge on any atom is 0.148 e. The number of nitrogens with two attached hydrogens (primary N) is 1. The number of anilines is 1. The second-order valence-electron chi connectivity index (χ2n) is 4.17. The predicted octanol–water partition coefficient (Wildman–Crippen LogP) is -0.694. The number of hydrogen-bond donors (Lipinski definition) is 4. The number of aromatic nitrogens is 3. The molecular weight excluding hydrogens is 379 g/mol. The molecule has 2 rings (SSSR count). The van der Waals surface area contributed by atoms with Crippen molar-refractivity contribution in [2.75, 3.05) is 18.9 Å². The van der Waals surface area contributed by atoms with Crippen molar-refractivity contribution in [1.82, 2.24) is 14.5 Å². The van der Waals surface area contributed by atoms with E-state index < -0.39 is 25.4 Å². The van der Waals surface area contributed by atoms with Crippen molar-refractivity contribution in [3.63, 3.8) is 0 Å². The van der Waals surface area contributed by atoms with E-state index in [1.54, 1.807) is 10.8 Å². The third kappa shape index (κ3) is 3.01. The van der Waals surface area contributed by atoms with E-state index in [1.807, 2.05) is 0 Å². The molecule has 2 heterocycles. The van der Waals surface area contributed by atoms with Crippen LogP contribution in [0.25, 0.3) is 11.0 Å². The first-order valence-corrected chi connectivity index (χ1v) is 6.92. The summed E-state index contributed by atoms with van der Waals surface area (Å²) in [5, 5.41) is 28.2. The van der Waals surface area contributed by atoms with Gasteiger partial charge in [-0.2, -0.15) is 0 Å². The highest BCUT2D eigenvalue weighted by Crippen LogP contribution is 2.25. The van der Waals surface area contributed by atoms with Crippen LogP contribution in [-0.2, 0) is 11.5 Å². The van der Waals surface area contributed by atoms with Crippen LogP contribution in [0.15, 0.2) is 12.5 Å². The van der Waals surface area contributed by atoms with E-state index in [1.165, 1.54) is 6.33 Å². The Balaban J connectivity index is 2.20. The van der Waals surface area contributed by atoms with Crippen LogP contribution < -0.4 is 5.73 Å². The molecule has 0 bridgehead atoms. The molecule has 0 aliphatic rings. The van der Waals surface area contributed by atoms with Gasteiger partial charge in [-0.3, -0.25) is 0 Å². The summed E-state index contributed by atoms with van der Waals surface area (Å²) in [4.78, 5) is 8.07. The Hall–Kier alpha value is -1.01. The number of fused-ring (bicyclic) bond motifs is 1. The van der Waals surface area contributed by atoms with Crippen LogP contribution in [0.2, 0.25) is 0 Å². The average molecular weight is 394 g/mol.